The molecule has 0 atom stereocenters. The molecule has 0 aromatic heterocycles. The van der Waals surface area contributed by atoms with E-state index in [0.29, 0.717) is 6.61 Å². The summed E-state index contributed by atoms with van der Waals surface area (Å²) >= 11 is 3.50. The lowest BCUT2D eigenvalue weighted by Crippen LogP contribution is -2.15. The molecule has 0 unspecified atom stereocenters. The highest BCUT2D eigenvalue weighted by molar-refractivity contribution is 9.10. The van der Waals surface area contributed by atoms with Gasteiger partial charge in [-0.3, -0.25) is 0 Å². The van der Waals surface area contributed by atoms with Crippen molar-refractivity contribution in [1.82, 2.24) is 5.32 Å². The fourth-order valence-corrected chi connectivity index (χ4v) is 2.39. The van der Waals surface area contributed by atoms with Gasteiger partial charge in [0.15, 0.2) is 0 Å². The monoisotopic (exact) mass is 352 g/mol. The van der Waals surface area contributed by atoms with Gasteiger partial charge in [-0.15, -0.1) is 0 Å². The number of ether oxygens (including phenoxy) is 1. The number of benzene rings is 1. The summed E-state index contributed by atoms with van der Waals surface area (Å²) in [6, 6.07) is 8.42. The minimum absolute atomic E-state index is 0.269. The molecule has 3 nitrogen and oxygen atoms in total. The lowest BCUT2D eigenvalue weighted by Gasteiger charge is -2.16. The van der Waals surface area contributed by atoms with E-state index in [0.717, 1.165) is 48.1 Å². The Kier molecular flexibility index (Phi) is 7.77. The average molecular weight is 353 g/mol. The van der Waals surface area contributed by atoms with E-state index in [1.165, 1.54) is 0 Å². The van der Waals surface area contributed by atoms with Gasteiger partial charge in [0.05, 0.1) is 18.1 Å². The molecule has 4 heteroatoms. The molecular formula is C17H25BrN2O. The Morgan fingerprint density at radius 3 is 2.81 bits per heavy atom. The number of hydrogen-bond acceptors (Lipinski definition) is 3. The number of hydrogen-bond donors (Lipinski definition) is 1. The van der Waals surface area contributed by atoms with Crippen LogP contribution in [0.4, 0.5) is 0 Å². The number of nitriles is 1. The Morgan fingerprint density at radius 2 is 2.14 bits per heavy atom. The molecule has 21 heavy (non-hydrogen) atoms. The van der Waals surface area contributed by atoms with E-state index < -0.39 is 0 Å². The van der Waals surface area contributed by atoms with Crippen LogP contribution in [-0.4, -0.2) is 13.2 Å². The Balaban J connectivity index is 2.52. The van der Waals surface area contributed by atoms with E-state index in [1.807, 2.05) is 26.0 Å². The van der Waals surface area contributed by atoms with E-state index in [4.69, 9.17) is 10.00 Å². The maximum absolute atomic E-state index is 9.00. The molecule has 0 saturated heterocycles. The molecule has 0 bridgehead atoms. The predicted molar refractivity (Wildman–Crippen MR) is 90.3 cm³/mol. The van der Waals surface area contributed by atoms with E-state index in [-0.39, 0.29) is 5.41 Å². The van der Waals surface area contributed by atoms with Gasteiger partial charge in [0.2, 0.25) is 0 Å². The molecule has 0 saturated carbocycles. The van der Waals surface area contributed by atoms with Crippen LogP contribution in [0.15, 0.2) is 22.7 Å². The highest BCUT2D eigenvalue weighted by atomic mass is 79.9. The van der Waals surface area contributed by atoms with Crippen molar-refractivity contribution in [2.75, 3.05) is 13.2 Å². The Labute approximate surface area is 136 Å². The van der Waals surface area contributed by atoms with E-state index in [2.05, 4.69) is 40.3 Å². The molecule has 0 fully saturated rings. The summed E-state index contributed by atoms with van der Waals surface area (Å²) in [7, 11) is 0. The summed E-state index contributed by atoms with van der Waals surface area (Å²) in [5.74, 6) is 0.927. The zero-order valence-electron chi connectivity index (χ0n) is 13.2. The zero-order chi connectivity index (χ0) is 15.7. The van der Waals surface area contributed by atoms with Crippen molar-refractivity contribution < 1.29 is 4.74 Å². The lowest BCUT2D eigenvalue weighted by atomic mass is 9.90. The standard InChI is InChI=1S/C17H25BrN2O/c1-4-9-20-12-14-11-15(18)6-7-16(14)21-10-5-8-17(2,3)13-19/h6-7,11,20H,4-5,8-10,12H2,1-3H3. The van der Waals surface area contributed by atoms with Gasteiger partial charge in [0, 0.05) is 16.6 Å². The van der Waals surface area contributed by atoms with Crippen molar-refractivity contribution in [3.05, 3.63) is 28.2 Å². The number of halogens is 1. The summed E-state index contributed by atoms with van der Waals surface area (Å²) in [6.07, 6.45) is 2.86. The molecule has 1 aromatic carbocycles. The van der Waals surface area contributed by atoms with Gasteiger partial charge in [-0.2, -0.15) is 5.26 Å². The van der Waals surface area contributed by atoms with Gasteiger partial charge < -0.3 is 10.1 Å². The van der Waals surface area contributed by atoms with E-state index in [1.54, 1.807) is 0 Å². The fourth-order valence-electron chi connectivity index (χ4n) is 1.98. The first-order valence-corrected chi connectivity index (χ1v) is 8.31. The maximum atomic E-state index is 9.00. The highest BCUT2D eigenvalue weighted by Gasteiger charge is 2.15. The number of rotatable bonds is 9. The van der Waals surface area contributed by atoms with Crippen molar-refractivity contribution in [2.24, 2.45) is 5.41 Å². The molecule has 0 radical (unpaired) electrons. The van der Waals surface area contributed by atoms with Crippen molar-refractivity contribution in [3.63, 3.8) is 0 Å². The second-order valence-electron chi connectivity index (χ2n) is 5.88. The molecule has 0 aliphatic rings. The maximum Gasteiger partial charge on any atom is 0.123 e. The van der Waals surface area contributed by atoms with Crippen LogP contribution in [-0.2, 0) is 6.54 Å². The molecule has 116 valence electrons. The molecule has 1 aromatic rings. The van der Waals surface area contributed by atoms with Gasteiger partial charge in [0.25, 0.3) is 0 Å². The minimum atomic E-state index is -0.269. The van der Waals surface area contributed by atoms with Crippen LogP contribution in [0.25, 0.3) is 0 Å². The molecule has 0 heterocycles. The number of nitrogens with one attached hydrogen (secondary N) is 1. The van der Waals surface area contributed by atoms with Crippen LogP contribution < -0.4 is 10.1 Å². The summed E-state index contributed by atoms with van der Waals surface area (Å²) < 4.78 is 6.96. The van der Waals surface area contributed by atoms with Crippen molar-refractivity contribution in [1.29, 1.82) is 5.26 Å². The Hall–Kier alpha value is -1.05. The summed E-state index contributed by atoms with van der Waals surface area (Å²) in [5, 5.41) is 12.4. The topological polar surface area (TPSA) is 45.0 Å². The van der Waals surface area contributed by atoms with Crippen LogP contribution in [0.5, 0.6) is 5.75 Å². The smallest absolute Gasteiger partial charge is 0.123 e. The predicted octanol–water partition coefficient (Wildman–Crippen LogP) is 4.66. The second-order valence-corrected chi connectivity index (χ2v) is 6.79. The molecular weight excluding hydrogens is 328 g/mol. The lowest BCUT2D eigenvalue weighted by molar-refractivity contribution is 0.281. The average Bonchev–Trinajstić information content (AvgIpc) is 2.45. The molecule has 1 rings (SSSR count). The van der Waals surface area contributed by atoms with Gasteiger partial charge in [-0.1, -0.05) is 22.9 Å². The first kappa shape index (κ1) is 18.0. The third-order valence-corrected chi connectivity index (χ3v) is 3.76. The van der Waals surface area contributed by atoms with Crippen LogP contribution in [0.1, 0.15) is 45.6 Å². The molecule has 0 amide bonds. The molecule has 1 N–H and O–H groups in total. The normalized spacial score (nSPS) is 11.2. The molecule has 0 spiro atoms. The zero-order valence-corrected chi connectivity index (χ0v) is 14.8. The largest absolute Gasteiger partial charge is 0.493 e. The third-order valence-electron chi connectivity index (χ3n) is 3.27. The SMILES string of the molecule is CCCNCc1cc(Br)ccc1OCCCC(C)(C)C#N. The van der Waals surface area contributed by atoms with Crippen LogP contribution in [0.2, 0.25) is 0 Å². The van der Waals surface area contributed by atoms with Gasteiger partial charge in [0.1, 0.15) is 5.75 Å². The Bertz CT molecular complexity index is 480. The summed E-state index contributed by atoms with van der Waals surface area (Å²) in [4.78, 5) is 0. The second kappa shape index (κ2) is 9.07. The summed E-state index contributed by atoms with van der Waals surface area (Å²) in [6.45, 7) is 8.55. The quantitative estimate of drug-likeness (QED) is 0.657. The highest BCUT2D eigenvalue weighted by Crippen LogP contribution is 2.25. The van der Waals surface area contributed by atoms with Crippen LogP contribution >= 0.6 is 15.9 Å². The first-order chi connectivity index (χ1) is 9.98. The van der Waals surface area contributed by atoms with Gasteiger partial charge >= 0.3 is 0 Å². The van der Waals surface area contributed by atoms with Crippen LogP contribution in [0.3, 0.4) is 0 Å². The number of nitrogens with zero attached hydrogens (tertiary/aromatic N) is 1. The van der Waals surface area contributed by atoms with Crippen molar-refractivity contribution in [3.8, 4) is 11.8 Å². The van der Waals surface area contributed by atoms with Gasteiger partial charge in [-0.25, -0.2) is 0 Å². The molecule has 0 aliphatic carbocycles. The van der Waals surface area contributed by atoms with Gasteiger partial charge in [-0.05, 0) is 57.9 Å². The fraction of sp³-hybridized carbons (Fsp3) is 0.588. The third kappa shape index (κ3) is 6.97. The van der Waals surface area contributed by atoms with Crippen molar-refractivity contribution in [2.45, 2.75) is 46.6 Å². The first-order valence-electron chi connectivity index (χ1n) is 7.51. The minimum Gasteiger partial charge on any atom is -0.493 e. The van der Waals surface area contributed by atoms with Crippen LogP contribution in [0, 0.1) is 16.7 Å². The Morgan fingerprint density at radius 1 is 1.38 bits per heavy atom. The molecule has 0 aliphatic heterocycles. The van der Waals surface area contributed by atoms with E-state index in [9.17, 15) is 0 Å². The van der Waals surface area contributed by atoms with E-state index >= 15 is 0 Å². The summed E-state index contributed by atoms with van der Waals surface area (Å²) in [5.41, 5.74) is 0.895. The van der Waals surface area contributed by atoms with Crippen molar-refractivity contribution >= 4 is 15.9 Å².